The summed E-state index contributed by atoms with van der Waals surface area (Å²) in [4.78, 5) is 26.9. The van der Waals surface area contributed by atoms with Crippen LogP contribution in [-0.4, -0.2) is 33.6 Å². The van der Waals surface area contributed by atoms with Crippen molar-refractivity contribution in [2.45, 2.75) is 123 Å². The lowest BCUT2D eigenvalue weighted by molar-refractivity contribution is -0.411. The first-order chi connectivity index (χ1) is 14.0. The molecule has 0 amide bonds. The van der Waals surface area contributed by atoms with E-state index in [9.17, 15) is 10.1 Å². The summed E-state index contributed by atoms with van der Waals surface area (Å²) in [6.07, 6.45) is 11.1. The minimum Gasteiger partial charge on any atom is -0.481 e. The van der Waals surface area contributed by atoms with E-state index in [1.807, 2.05) is 6.92 Å². The largest absolute Gasteiger partial charge is 0.481 e. The molecule has 6 nitrogen and oxygen atoms in total. The Bertz CT molecular complexity index is 534. The van der Waals surface area contributed by atoms with Crippen molar-refractivity contribution < 1.29 is 29.8 Å². The summed E-state index contributed by atoms with van der Waals surface area (Å²) in [6.45, 7) is 12.1. The Labute approximate surface area is 182 Å². The molecule has 1 aliphatic rings. The predicted molar refractivity (Wildman–Crippen MR) is 118 cm³/mol. The average Bonchev–Trinajstić information content (AvgIpc) is 2.67. The second-order valence-electron chi connectivity index (χ2n) is 10.1. The van der Waals surface area contributed by atoms with E-state index >= 15 is 0 Å². The van der Waals surface area contributed by atoms with Crippen LogP contribution in [0.2, 0.25) is 0 Å². The molecule has 1 heterocycles. The van der Waals surface area contributed by atoms with Gasteiger partial charge in [0.15, 0.2) is 0 Å². The lowest BCUT2D eigenvalue weighted by Crippen LogP contribution is -2.41. The number of carbonyl (C=O) groups is 1. The number of allylic oxidation sites excluding steroid dienone is 2. The van der Waals surface area contributed by atoms with Gasteiger partial charge in [0, 0.05) is 0 Å². The molecular weight excluding hydrogens is 384 g/mol. The smallest absolute Gasteiger partial charge is 0.308 e. The Morgan fingerprint density at radius 2 is 1.93 bits per heavy atom. The fourth-order valence-corrected chi connectivity index (χ4v) is 4.05. The second kappa shape index (κ2) is 12.8. The molecule has 0 aliphatic carbocycles. The number of carboxylic acids is 1. The summed E-state index contributed by atoms with van der Waals surface area (Å²) >= 11 is 0. The maximum Gasteiger partial charge on any atom is 0.308 e. The van der Waals surface area contributed by atoms with Crippen molar-refractivity contribution in [2.75, 3.05) is 0 Å². The van der Waals surface area contributed by atoms with Crippen molar-refractivity contribution in [3.63, 3.8) is 0 Å². The molecule has 5 atom stereocenters. The van der Waals surface area contributed by atoms with Crippen LogP contribution in [0.3, 0.4) is 0 Å². The Hall–Kier alpha value is -0.950. The van der Waals surface area contributed by atoms with Crippen LogP contribution < -0.4 is 0 Å². The zero-order valence-corrected chi connectivity index (χ0v) is 19.9. The SMILES string of the molecule is CC(C)=CCCC(C)(CCCC(C)CCC[C@]1(C)CC[C@@H]([C@@H](C)C(=O)O)OO1)OO. The van der Waals surface area contributed by atoms with Crippen LogP contribution in [0, 0.1) is 11.8 Å². The van der Waals surface area contributed by atoms with Gasteiger partial charge in [0.05, 0.1) is 5.92 Å². The standard InChI is InChI=1S/C24H44O6/c1-18(2)10-7-14-23(5,29-27)15-8-11-19(3)12-9-16-24(6)17-13-21(28-30-24)20(4)22(25)26/h10,19-21,27H,7-9,11-17H2,1-6H3,(H,25,26)/t19?,20-,21+,23?,24-/m1/s1. The van der Waals surface area contributed by atoms with Gasteiger partial charge in [0.1, 0.15) is 17.3 Å². The Morgan fingerprint density at radius 1 is 1.27 bits per heavy atom. The van der Waals surface area contributed by atoms with E-state index < -0.39 is 17.5 Å². The topological polar surface area (TPSA) is 85.2 Å². The fraction of sp³-hybridized carbons (Fsp3) is 0.875. The summed E-state index contributed by atoms with van der Waals surface area (Å²) in [5.41, 5.74) is 0.482. The molecule has 30 heavy (non-hydrogen) atoms. The predicted octanol–water partition coefficient (Wildman–Crippen LogP) is 6.55. The zero-order valence-electron chi connectivity index (χ0n) is 19.9. The highest BCUT2D eigenvalue weighted by Crippen LogP contribution is 2.34. The van der Waals surface area contributed by atoms with Crippen LogP contribution in [0.4, 0.5) is 0 Å². The quantitative estimate of drug-likeness (QED) is 0.185. The molecule has 1 aliphatic heterocycles. The number of hydrogen-bond donors (Lipinski definition) is 2. The minimum absolute atomic E-state index is 0.331. The van der Waals surface area contributed by atoms with E-state index in [0.717, 1.165) is 57.8 Å². The molecule has 1 saturated heterocycles. The first-order valence-electron chi connectivity index (χ1n) is 11.5. The maximum absolute atomic E-state index is 11.1. The third-order valence-electron chi connectivity index (χ3n) is 6.53. The molecule has 0 aromatic carbocycles. The first kappa shape index (κ1) is 27.1. The molecule has 2 unspecified atom stereocenters. The van der Waals surface area contributed by atoms with Gasteiger partial charge in [-0.25, -0.2) is 14.7 Å². The van der Waals surface area contributed by atoms with E-state index in [2.05, 4.69) is 33.8 Å². The molecule has 0 bridgehead atoms. The number of carboxylic acid groups (broad SMARTS) is 1. The van der Waals surface area contributed by atoms with Crippen LogP contribution in [-0.2, 0) is 19.5 Å². The van der Waals surface area contributed by atoms with Crippen LogP contribution >= 0.6 is 0 Å². The number of aliphatic carboxylic acids is 1. The molecule has 0 radical (unpaired) electrons. The van der Waals surface area contributed by atoms with Crippen molar-refractivity contribution in [1.82, 2.24) is 0 Å². The van der Waals surface area contributed by atoms with Gasteiger partial charge in [-0.1, -0.05) is 44.3 Å². The highest BCUT2D eigenvalue weighted by Gasteiger charge is 2.37. The van der Waals surface area contributed by atoms with Crippen molar-refractivity contribution >= 4 is 5.97 Å². The molecule has 2 N–H and O–H groups in total. The fourth-order valence-electron chi connectivity index (χ4n) is 4.05. The van der Waals surface area contributed by atoms with Gasteiger partial charge < -0.3 is 5.11 Å². The van der Waals surface area contributed by atoms with E-state index in [-0.39, 0.29) is 11.7 Å². The van der Waals surface area contributed by atoms with Gasteiger partial charge >= 0.3 is 5.97 Å². The molecule has 0 aromatic rings. The molecule has 0 aromatic heterocycles. The number of hydrogen-bond acceptors (Lipinski definition) is 5. The Balaban J connectivity index is 2.26. The summed E-state index contributed by atoms with van der Waals surface area (Å²) in [7, 11) is 0. The molecule has 1 rings (SSSR count). The van der Waals surface area contributed by atoms with Gasteiger partial charge in [-0.15, -0.1) is 0 Å². The highest BCUT2D eigenvalue weighted by atomic mass is 17.2. The normalized spacial score (nSPS) is 25.9. The van der Waals surface area contributed by atoms with Gasteiger partial charge in [-0.2, -0.15) is 0 Å². The van der Waals surface area contributed by atoms with Crippen LogP contribution in [0.1, 0.15) is 106 Å². The van der Waals surface area contributed by atoms with E-state index in [4.69, 9.17) is 19.8 Å². The van der Waals surface area contributed by atoms with Gasteiger partial charge in [-0.3, -0.25) is 10.1 Å². The van der Waals surface area contributed by atoms with Crippen LogP contribution in [0.15, 0.2) is 11.6 Å². The average molecular weight is 429 g/mol. The van der Waals surface area contributed by atoms with Crippen molar-refractivity contribution in [3.05, 3.63) is 11.6 Å². The minimum atomic E-state index is -0.847. The van der Waals surface area contributed by atoms with Gasteiger partial charge in [-0.05, 0) is 79.1 Å². The van der Waals surface area contributed by atoms with Crippen molar-refractivity contribution in [2.24, 2.45) is 11.8 Å². The number of rotatable bonds is 14. The summed E-state index contributed by atoms with van der Waals surface area (Å²) in [5.74, 6) is -0.801. The second-order valence-corrected chi connectivity index (χ2v) is 10.1. The van der Waals surface area contributed by atoms with Gasteiger partial charge in [0.2, 0.25) is 0 Å². The Kier molecular flexibility index (Phi) is 11.6. The molecule has 6 heteroatoms. The lowest BCUT2D eigenvalue weighted by atomic mass is 9.86. The summed E-state index contributed by atoms with van der Waals surface area (Å²) in [6, 6.07) is 0. The third-order valence-corrected chi connectivity index (χ3v) is 6.53. The van der Waals surface area contributed by atoms with Gasteiger partial charge in [0.25, 0.3) is 0 Å². The van der Waals surface area contributed by atoms with Crippen molar-refractivity contribution in [1.29, 1.82) is 0 Å². The molecule has 176 valence electrons. The molecule has 1 fully saturated rings. The van der Waals surface area contributed by atoms with Crippen molar-refractivity contribution in [3.8, 4) is 0 Å². The summed E-state index contributed by atoms with van der Waals surface area (Å²) < 4.78 is 0. The summed E-state index contributed by atoms with van der Waals surface area (Å²) in [5, 5.41) is 18.4. The van der Waals surface area contributed by atoms with E-state index in [0.29, 0.717) is 12.3 Å². The molecule has 0 saturated carbocycles. The zero-order chi connectivity index (χ0) is 22.8. The first-order valence-corrected chi connectivity index (χ1v) is 11.5. The highest BCUT2D eigenvalue weighted by molar-refractivity contribution is 5.70. The van der Waals surface area contributed by atoms with Crippen LogP contribution in [0.5, 0.6) is 0 Å². The monoisotopic (exact) mass is 428 g/mol. The molecular formula is C24H44O6. The Morgan fingerprint density at radius 3 is 2.47 bits per heavy atom. The lowest BCUT2D eigenvalue weighted by Gasteiger charge is -2.37. The third kappa shape index (κ3) is 9.90. The maximum atomic E-state index is 11.1. The van der Waals surface area contributed by atoms with E-state index in [1.54, 1.807) is 6.92 Å². The molecule has 0 spiro atoms. The van der Waals surface area contributed by atoms with E-state index in [1.165, 1.54) is 5.57 Å². The van der Waals surface area contributed by atoms with Crippen LogP contribution in [0.25, 0.3) is 0 Å².